The smallest absolute Gasteiger partial charge is 0.323 e. The highest BCUT2D eigenvalue weighted by molar-refractivity contribution is 7.15. The predicted molar refractivity (Wildman–Crippen MR) is 85.5 cm³/mol. The van der Waals surface area contributed by atoms with Gasteiger partial charge in [-0.3, -0.25) is 5.32 Å². The minimum absolute atomic E-state index is 0.0253. The van der Waals surface area contributed by atoms with Gasteiger partial charge in [0.15, 0.2) is 0 Å². The van der Waals surface area contributed by atoms with Gasteiger partial charge in [-0.1, -0.05) is 11.3 Å². The van der Waals surface area contributed by atoms with E-state index in [-0.39, 0.29) is 23.7 Å². The van der Waals surface area contributed by atoms with Gasteiger partial charge in [0.2, 0.25) is 5.13 Å². The quantitative estimate of drug-likeness (QED) is 0.680. The van der Waals surface area contributed by atoms with Gasteiger partial charge in [0.25, 0.3) is 0 Å². The Morgan fingerprint density at radius 3 is 2.88 bits per heavy atom. The molecule has 2 aromatic rings. The number of benzene rings is 1. The summed E-state index contributed by atoms with van der Waals surface area (Å²) in [4.78, 5) is 13.3. The van der Waals surface area contributed by atoms with Gasteiger partial charge in [0, 0.05) is 13.0 Å². The Labute approximate surface area is 141 Å². The van der Waals surface area contributed by atoms with E-state index in [2.05, 4.69) is 15.5 Å². The molecule has 0 fully saturated rings. The molecule has 0 aliphatic heterocycles. The highest BCUT2D eigenvalue weighted by atomic mass is 32.1. The molecule has 0 aliphatic rings. The van der Waals surface area contributed by atoms with Crippen LogP contribution in [0.4, 0.5) is 18.7 Å². The van der Waals surface area contributed by atoms with Crippen molar-refractivity contribution in [3.63, 3.8) is 0 Å². The van der Waals surface area contributed by atoms with E-state index in [1.807, 2.05) is 0 Å². The average molecular weight is 357 g/mol. The fourth-order valence-corrected chi connectivity index (χ4v) is 2.72. The first-order valence-electron chi connectivity index (χ1n) is 7.15. The van der Waals surface area contributed by atoms with Crippen molar-refractivity contribution >= 4 is 22.5 Å². The van der Waals surface area contributed by atoms with E-state index in [9.17, 15) is 13.6 Å². The summed E-state index contributed by atoms with van der Waals surface area (Å²) in [6, 6.07) is 2.69. The maximum atomic E-state index is 13.6. The third kappa shape index (κ3) is 4.91. The molecule has 0 spiro atoms. The molecule has 0 bridgehead atoms. The highest BCUT2D eigenvalue weighted by Crippen LogP contribution is 2.21. The van der Waals surface area contributed by atoms with E-state index >= 15 is 0 Å². The van der Waals surface area contributed by atoms with Crippen molar-refractivity contribution in [2.24, 2.45) is 5.73 Å². The zero-order chi connectivity index (χ0) is 17.7. The highest BCUT2D eigenvalue weighted by Gasteiger charge is 2.16. The number of nitrogens with two attached hydrogens (primary N) is 1. The van der Waals surface area contributed by atoms with Crippen molar-refractivity contribution < 1.29 is 18.7 Å². The SMILES string of the molecule is CCN(C[C@H](N)O)C(=O)Nc1nnc(Cc2cc(F)ccc2F)s1. The van der Waals surface area contributed by atoms with Crippen LogP contribution in [0.25, 0.3) is 0 Å². The van der Waals surface area contributed by atoms with E-state index in [0.29, 0.717) is 11.6 Å². The Hall–Kier alpha value is -2.17. The van der Waals surface area contributed by atoms with Gasteiger partial charge in [-0.05, 0) is 30.7 Å². The summed E-state index contributed by atoms with van der Waals surface area (Å²) in [5.41, 5.74) is 5.42. The molecule has 1 aromatic carbocycles. The van der Waals surface area contributed by atoms with Crippen molar-refractivity contribution in [2.75, 3.05) is 18.4 Å². The number of carbonyl (C=O) groups excluding carboxylic acids is 1. The molecular weight excluding hydrogens is 340 g/mol. The van der Waals surface area contributed by atoms with Crippen LogP contribution in [0.1, 0.15) is 17.5 Å². The molecule has 0 saturated carbocycles. The van der Waals surface area contributed by atoms with Gasteiger partial charge in [0.05, 0.1) is 6.54 Å². The second kappa shape index (κ2) is 8.08. The number of anilines is 1. The number of rotatable bonds is 6. The Bertz CT molecular complexity index is 710. The summed E-state index contributed by atoms with van der Waals surface area (Å²) in [5, 5.41) is 20.0. The van der Waals surface area contributed by atoms with Gasteiger partial charge >= 0.3 is 6.03 Å². The molecule has 2 rings (SSSR count). The van der Waals surface area contributed by atoms with Crippen LogP contribution in [0, 0.1) is 11.6 Å². The number of halogens is 2. The molecule has 0 radical (unpaired) electrons. The average Bonchev–Trinajstić information content (AvgIpc) is 2.95. The van der Waals surface area contributed by atoms with Gasteiger partial charge in [-0.25, -0.2) is 13.6 Å². The van der Waals surface area contributed by atoms with Crippen LogP contribution in [0.5, 0.6) is 0 Å². The topological polar surface area (TPSA) is 104 Å². The third-order valence-corrected chi connectivity index (χ3v) is 3.95. The molecule has 4 N–H and O–H groups in total. The summed E-state index contributed by atoms with van der Waals surface area (Å²) in [7, 11) is 0. The molecule has 10 heteroatoms. The van der Waals surface area contributed by atoms with E-state index < -0.39 is 23.9 Å². The summed E-state index contributed by atoms with van der Waals surface area (Å²) in [6.07, 6.45) is -1.08. The van der Waals surface area contributed by atoms with Gasteiger partial charge in [0.1, 0.15) is 22.9 Å². The number of carbonyl (C=O) groups is 1. The van der Waals surface area contributed by atoms with Crippen molar-refractivity contribution in [3.8, 4) is 0 Å². The first-order valence-corrected chi connectivity index (χ1v) is 7.96. The van der Waals surface area contributed by atoms with E-state index in [4.69, 9.17) is 10.8 Å². The molecule has 1 aromatic heterocycles. The number of nitrogens with one attached hydrogen (secondary N) is 1. The van der Waals surface area contributed by atoms with Gasteiger partial charge in [-0.2, -0.15) is 0 Å². The Morgan fingerprint density at radius 1 is 1.46 bits per heavy atom. The lowest BCUT2D eigenvalue weighted by molar-refractivity contribution is 0.132. The molecule has 0 unspecified atom stereocenters. The maximum absolute atomic E-state index is 13.6. The van der Waals surface area contributed by atoms with Crippen molar-refractivity contribution in [2.45, 2.75) is 19.6 Å². The number of hydrogen-bond acceptors (Lipinski definition) is 6. The van der Waals surface area contributed by atoms with E-state index in [1.165, 1.54) is 4.90 Å². The van der Waals surface area contributed by atoms with Crippen LogP contribution in [-0.4, -0.2) is 45.6 Å². The van der Waals surface area contributed by atoms with E-state index in [0.717, 1.165) is 29.5 Å². The molecule has 2 amide bonds. The van der Waals surface area contributed by atoms with Crippen LogP contribution in [0.3, 0.4) is 0 Å². The van der Waals surface area contributed by atoms with Gasteiger partial charge < -0.3 is 15.7 Å². The van der Waals surface area contributed by atoms with Crippen LogP contribution in [0.2, 0.25) is 0 Å². The number of aliphatic hydroxyl groups excluding tert-OH is 1. The molecule has 130 valence electrons. The lowest BCUT2D eigenvalue weighted by Crippen LogP contribution is -2.43. The third-order valence-electron chi connectivity index (χ3n) is 3.11. The lowest BCUT2D eigenvalue weighted by Gasteiger charge is -2.21. The monoisotopic (exact) mass is 357 g/mol. The minimum atomic E-state index is -1.14. The second-order valence-corrected chi connectivity index (χ2v) is 6.01. The normalized spacial score (nSPS) is 12.0. The standard InChI is InChI=1S/C14H17F2N5O2S/c1-2-21(7-11(17)22)14(23)18-13-20-19-12(24-13)6-8-5-9(15)3-4-10(8)16/h3-5,11,22H,2,6-7,17H2,1H3,(H,18,20,23)/t11-/m1/s1. The first-order chi connectivity index (χ1) is 11.4. The lowest BCUT2D eigenvalue weighted by atomic mass is 10.1. The van der Waals surface area contributed by atoms with Crippen LogP contribution in [0.15, 0.2) is 18.2 Å². The number of aliphatic hydroxyl groups is 1. The Balaban J connectivity index is 2.02. The van der Waals surface area contributed by atoms with Crippen molar-refractivity contribution in [1.82, 2.24) is 15.1 Å². The van der Waals surface area contributed by atoms with Crippen LogP contribution in [-0.2, 0) is 6.42 Å². The fourth-order valence-electron chi connectivity index (χ4n) is 1.97. The fraction of sp³-hybridized carbons (Fsp3) is 0.357. The predicted octanol–water partition coefficient (Wildman–Crippen LogP) is 1.54. The minimum Gasteiger partial charge on any atom is -0.377 e. The van der Waals surface area contributed by atoms with Crippen LogP contribution < -0.4 is 11.1 Å². The summed E-state index contributed by atoms with van der Waals surface area (Å²) in [5.74, 6) is -1.07. The molecule has 7 nitrogen and oxygen atoms in total. The zero-order valence-electron chi connectivity index (χ0n) is 12.9. The molecule has 0 saturated heterocycles. The number of amides is 2. The number of urea groups is 1. The number of likely N-dealkylation sites (N-methyl/N-ethyl adjacent to an activating group) is 1. The molecule has 0 aliphatic carbocycles. The van der Waals surface area contributed by atoms with Crippen molar-refractivity contribution in [3.05, 3.63) is 40.4 Å². The maximum Gasteiger partial charge on any atom is 0.323 e. The Morgan fingerprint density at radius 2 is 2.21 bits per heavy atom. The summed E-state index contributed by atoms with van der Waals surface area (Å²) < 4.78 is 26.8. The molecule has 1 atom stereocenters. The first kappa shape index (κ1) is 18.2. The largest absolute Gasteiger partial charge is 0.377 e. The summed E-state index contributed by atoms with van der Waals surface area (Å²) in [6.45, 7) is 2.06. The number of aromatic nitrogens is 2. The Kier molecular flexibility index (Phi) is 6.12. The molecule has 24 heavy (non-hydrogen) atoms. The van der Waals surface area contributed by atoms with Gasteiger partial charge in [-0.15, -0.1) is 10.2 Å². The van der Waals surface area contributed by atoms with E-state index in [1.54, 1.807) is 6.92 Å². The summed E-state index contributed by atoms with van der Waals surface area (Å²) >= 11 is 1.05. The van der Waals surface area contributed by atoms with Crippen molar-refractivity contribution in [1.29, 1.82) is 0 Å². The number of nitrogens with zero attached hydrogens (tertiary/aromatic N) is 3. The zero-order valence-corrected chi connectivity index (χ0v) is 13.7. The number of hydrogen-bond donors (Lipinski definition) is 3. The molecular formula is C14H17F2N5O2S. The van der Waals surface area contributed by atoms with Crippen LogP contribution >= 0.6 is 11.3 Å². The second-order valence-electron chi connectivity index (χ2n) is 4.95. The molecule has 1 heterocycles.